The Morgan fingerprint density at radius 2 is 1.72 bits per heavy atom. The molecule has 1 fully saturated rings. The van der Waals surface area contributed by atoms with E-state index in [1.54, 1.807) is 17.0 Å². The number of benzene rings is 2. The first kappa shape index (κ1) is 20.3. The number of rotatable bonds is 3. The van der Waals surface area contributed by atoms with Gasteiger partial charge in [-0.25, -0.2) is 13.2 Å². The number of carbonyl (C=O) groups is 1. The Bertz CT molecular complexity index is 1280. The van der Waals surface area contributed by atoms with Gasteiger partial charge in [-0.05, 0) is 48.2 Å². The molecule has 1 N–H and O–H groups in total. The van der Waals surface area contributed by atoms with Gasteiger partial charge in [-0.1, -0.05) is 18.2 Å². The molecule has 0 aliphatic carbocycles. The topological polar surface area (TPSA) is 75.4 Å². The van der Waals surface area contributed by atoms with Gasteiger partial charge in [0.05, 0.1) is 18.3 Å². The first-order valence-corrected chi connectivity index (χ1v) is 10.2. The highest BCUT2D eigenvalue weighted by molar-refractivity contribution is 5.96. The molecule has 3 heterocycles. The highest BCUT2D eigenvalue weighted by atomic mass is 19.2. The Hall–Kier alpha value is -3.62. The van der Waals surface area contributed by atoms with E-state index >= 15 is 0 Å². The van der Waals surface area contributed by atoms with Gasteiger partial charge >= 0.3 is 0 Å². The average molecular weight is 441 g/mol. The standard InChI is InChI=1S/C23H18F3N3O3/c24-14-6-3-12(4-7-14)19(13-5-8-15(25)16(26)10-13)20-17-2-1-9-28(17)23(32)21-22(31)18(30)11-27-29(20)21/h3-8,10-11,17,19-20,31H,1-2,9H2/t17-,19?,20-/m1/s1. The van der Waals surface area contributed by atoms with Crippen molar-refractivity contribution in [2.24, 2.45) is 0 Å². The lowest BCUT2D eigenvalue weighted by Gasteiger charge is -2.42. The van der Waals surface area contributed by atoms with Crippen molar-refractivity contribution in [2.45, 2.75) is 30.8 Å². The minimum atomic E-state index is -1.04. The van der Waals surface area contributed by atoms with E-state index in [1.165, 1.54) is 22.9 Å². The molecule has 9 heteroatoms. The van der Waals surface area contributed by atoms with E-state index in [0.717, 1.165) is 18.3 Å². The number of aromatic hydroxyl groups is 1. The second-order valence-electron chi connectivity index (χ2n) is 8.05. The minimum absolute atomic E-state index is 0.240. The maximum Gasteiger partial charge on any atom is 0.276 e. The summed E-state index contributed by atoms with van der Waals surface area (Å²) in [6, 6.07) is 8.11. The van der Waals surface area contributed by atoms with Crippen molar-refractivity contribution in [3.8, 4) is 5.75 Å². The maximum absolute atomic E-state index is 14.2. The van der Waals surface area contributed by atoms with E-state index in [1.807, 2.05) is 0 Å². The fourth-order valence-electron chi connectivity index (χ4n) is 4.91. The van der Waals surface area contributed by atoms with Gasteiger partial charge in [-0.3, -0.25) is 14.3 Å². The molecule has 2 aliphatic rings. The lowest BCUT2D eigenvalue weighted by Crippen LogP contribution is -2.50. The number of carbonyl (C=O) groups excluding carboxylic acids is 1. The van der Waals surface area contributed by atoms with Crippen molar-refractivity contribution in [3.05, 3.63) is 93.2 Å². The second-order valence-corrected chi connectivity index (χ2v) is 8.05. The molecular formula is C23H18F3N3O3. The van der Waals surface area contributed by atoms with Crippen molar-refractivity contribution in [3.63, 3.8) is 0 Å². The molecule has 1 unspecified atom stereocenters. The molecule has 0 saturated carbocycles. The molecule has 1 aromatic heterocycles. The van der Waals surface area contributed by atoms with E-state index < -0.39 is 46.5 Å². The molecule has 1 amide bonds. The van der Waals surface area contributed by atoms with Gasteiger partial charge < -0.3 is 10.0 Å². The summed E-state index contributed by atoms with van der Waals surface area (Å²) in [7, 11) is 0. The Morgan fingerprint density at radius 1 is 1.00 bits per heavy atom. The van der Waals surface area contributed by atoms with E-state index in [0.29, 0.717) is 30.5 Å². The molecule has 164 valence electrons. The molecule has 0 radical (unpaired) electrons. The van der Waals surface area contributed by atoms with Crippen LogP contribution in [-0.2, 0) is 0 Å². The third-order valence-corrected chi connectivity index (χ3v) is 6.30. The van der Waals surface area contributed by atoms with Crippen LogP contribution >= 0.6 is 0 Å². The monoisotopic (exact) mass is 441 g/mol. The fourth-order valence-corrected chi connectivity index (χ4v) is 4.91. The summed E-state index contributed by atoms with van der Waals surface area (Å²) in [5, 5.41) is 14.6. The summed E-state index contributed by atoms with van der Waals surface area (Å²) in [5.41, 5.74) is -0.0373. The Kier molecular flexibility index (Phi) is 4.76. The number of aromatic nitrogens is 2. The molecule has 3 aromatic rings. The molecule has 6 nitrogen and oxygen atoms in total. The lowest BCUT2D eigenvalue weighted by molar-refractivity contribution is 0.0565. The summed E-state index contributed by atoms with van der Waals surface area (Å²) >= 11 is 0. The van der Waals surface area contributed by atoms with Crippen LogP contribution in [0.3, 0.4) is 0 Å². The highest BCUT2D eigenvalue weighted by Crippen LogP contribution is 2.45. The normalized spacial score (nSPS) is 20.7. The average Bonchev–Trinajstić information content (AvgIpc) is 3.26. The van der Waals surface area contributed by atoms with Crippen molar-refractivity contribution in [1.29, 1.82) is 0 Å². The van der Waals surface area contributed by atoms with Crippen LogP contribution in [0.1, 0.15) is 46.4 Å². The number of halogens is 3. The molecule has 2 aliphatic heterocycles. The van der Waals surface area contributed by atoms with E-state index in [9.17, 15) is 27.9 Å². The van der Waals surface area contributed by atoms with Crippen LogP contribution in [0, 0.1) is 17.5 Å². The van der Waals surface area contributed by atoms with Crippen LogP contribution in [0.15, 0.2) is 53.5 Å². The molecule has 0 spiro atoms. The van der Waals surface area contributed by atoms with Crippen molar-refractivity contribution < 1.29 is 23.1 Å². The largest absolute Gasteiger partial charge is 0.502 e. The molecule has 5 rings (SSSR count). The van der Waals surface area contributed by atoms with Crippen LogP contribution in [0.5, 0.6) is 5.75 Å². The van der Waals surface area contributed by atoms with Gasteiger partial charge in [0.15, 0.2) is 23.1 Å². The molecule has 3 atom stereocenters. The molecular weight excluding hydrogens is 423 g/mol. The van der Waals surface area contributed by atoms with Crippen LogP contribution in [0.25, 0.3) is 0 Å². The number of hydrogen-bond acceptors (Lipinski definition) is 4. The lowest BCUT2D eigenvalue weighted by atomic mass is 9.80. The third-order valence-electron chi connectivity index (χ3n) is 6.30. The summed E-state index contributed by atoms with van der Waals surface area (Å²) < 4.78 is 42.9. The molecule has 32 heavy (non-hydrogen) atoms. The van der Waals surface area contributed by atoms with Crippen molar-refractivity contribution >= 4 is 5.91 Å². The Labute approximate surface area is 180 Å². The van der Waals surface area contributed by atoms with Gasteiger partial charge in [-0.15, -0.1) is 0 Å². The van der Waals surface area contributed by atoms with Gasteiger partial charge in [0, 0.05) is 12.5 Å². The summed E-state index contributed by atoms with van der Waals surface area (Å²) in [6.07, 6.45) is 2.24. The quantitative estimate of drug-likeness (QED) is 0.677. The highest BCUT2D eigenvalue weighted by Gasteiger charge is 2.48. The first-order valence-electron chi connectivity index (χ1n) is 10.2. The van der Waals surface area contributed by atoms with Gasteiger partial charge in [0.2, 0.25) is 5.43 Å². The zero-order chi connectivity index (χ0) is 22.6. The fraction of sp³-hybridized carbons (Fsp3) is 0.261. The zero-order valence-corrected chi connectivity index (χ0v) is 16.7. The zero-order valence-electron chi connectivity index (χ0n) is 16.7. The number of amides is 1. The number of hydrogen-bond donors (Lipinski definition) is 1. The summed E-state index contributed by atoms with van der Waals surface area (Å²) in [5.74, 6) is -4.39. The van der Waals surface area contributed by atoms with Crippen LogP contribution in [0.4, 0.5) is 13.2 Å². The van der Waals surface area contributed by atoms with Crippen molar-refractivity contribution in [1.82, 2.24) is 14.7 Å². The SMILES string of the molecule is O=C1c2c(O)c(=O)cnn2[C@@H](C(c2ccc(F)cc2)c2ccc(F)c(F)c2)[C@H]2CCCN12. The number of fused-ring (bicyclic) bond motifs is 2. The van der Waals surface area contributed by atoms with Gasteiger partial charge in [-0.2, -0.15) is 5.10 Å². The predicted octanol–water partition coefficient (Wildman–Crippen LogP) is 3.36. The molecule has 2 aromatic carbocycles. The van der Waals surface area contributed by atoms with E-state index in [-0.39, 0.29) is 11.7 Å². The summed E-state index contributed by atoms with van der Waals surface area (Å²) in [4.78, 5) is 26.7. The smallest absolute Gasteiger partial charge is 0.276 e. The van der Waals surface area contributed by atoms with E-state index in [4.69, 9.17) is 0 Å². The van der Waals surface area contributed by atoms with Gasteiger partial charge in [0.1, 0.15) is 5.82 Å². The molecule has 0 bridgehead atoms. The third kappa shape index (κ3) is 3.07. The maximum atomic E-state index is 14.2. The van der Waals surface area contributed by atoms with Crippen molar-refractivity contribution in [2.75, 3.05) is 6.54 Å². The Morgan fingerprint density at radius 3 is 2.44 bits per heavy atom. The minimum Gasteiger partial charge on any atom is -0.502 e. The van der Waals surface area contributed by atoms with Crippen LogP contribution < -0.4 is 5.43 Å². The first-order chi connectivity index (χ1) is 15.4. The van der Waals surface area contributed by atoms with Gasteiger partial charge in [0.25, 0.3) is 5.91 Å². The van der Waals surface area contributed by atoms with Crippen LogP contribution in [-0.4, -0.2) is 38.3 Å². The Balaban J connectivity index is 1.78. The number of nitrogens with zero attached hydrogens (tertiary/aromatic N) is 3. The van der Waals surface area contributed by atoms with E-state index in [2.05, 4.69) is 5.10 Å². The summed E-state index contributed by atoms with van der Waals surface area (Å²) in [6.45, 7) is 0.427. The second kappa shape index (κ2) is 7.51. The predicted molar refractivity (Wildman–Crippen MR) is 108 cm³/mol. The molecule has 1 saturated heterocycles. The van der Waals surface area contributed by atoms with Crippen LogP contribution in [0.2, 0.25) is 0 Å².